The standard InChI is InChI=1S/C19H21BrN2O4/c1-22(2)19(24)13-4-7-15(8-5-13)21-18(23)16-12-14(20)6-9-17(16)26-11-10-25-3/h4-9,12H,10-11H2,1-3H3,(H,21,23). The molecule has 0 radical (unpaired) electrons. The Morgan fingerprint density at radius 2 is 1.77 bits per heavy atom. The van der Waals surface area contributed by atoms with Crippen molar-refractivity contribution in [1.29, 1.82) is 0 Å². The van der Waals surface area contributed by atoms with E-state index in [9.17, 15) is 9.59 Å². The van der Waals surface area contributed by atoms with Crippen molar-refractivity contribution in [2.45, 2.75) is 0 Å². The first-order valence-electron chi connectivity index (χ1n) is 7.96. The first-order valence-corrected chi connectivity index (χ1v) is 8.76. The Balaban J connectivity index is 2.14. The number of rotatable bonds is 7. The Morgan fingerprint density at radius 1 is 1.08 bits per heavy atom. The van der Waals surface area contributed by atoms with Crippen molar-refractivity contribution in [3.8, 4) is 5.75 Å². The number of nitrogens with zero attached hydrogens (tertiary/aromatic N) is 1. The van der Waals surface area contributed by atoms with Crippen molar-refractivity contribution in [3.63, 3.8) is 0 Å². The third kappa shape index (κ3) is 5.31. The van der Waals surface area contributed by atoms with Gasteiger partial charge in [0.05, 0.1) is 12.2 Å². The van der Waals surface area contributed by atoms with Gasteiger partial charge in [-0.15, -0.1) is 0 Å². The summed E-state index contributed by atoms with van der Waals surface area (Å²) in [5, 5.41) is 2.82. The second-order valence-electron chi connectivity index (χ2n) is 5.71. The molecule has 0 aliphatic heterocycles. The highest BCUT2D eigenvalue weighted by Crippen LogP contribution is 2.24. The van der Waals surface area contributed by atoms with Crippen molar-refractivity contribution in [3.05, 3.63) is 58.1 Å². The van der Waals surface area contributed by atoms with E-state index in [1.165, 1.54) is 4.90 Å². The van der Waals surface area contributed by atoms with E-state index in [0.717, 1.165) is 4.47 Å². The summed E-state index contributed by atoms with van der Waals surface area (Å²) < 4.78 is 11.3. The van der Waals surface area contributed by atoms with Gasteiger partial charge in [0.15, 0.2) is 0 Å². The molecule has 7 heteroatoms. The van der Waals surface area contributed by atoms with E-state index < -0.39 is 0 Å². The Morgan fingerprint density at radius 3 is 2.38 bits per heavy atom. The van der Waals surface area contributed by atoms with Gasteiger partial charge in [0.2, 0.25) is 0 Å². The predicted octanol–water partition coefficient (Wildman–Crippen LogP) is 3.43. The van der Waals surface area contributed by atoms with Crippen molar-refractivity contribution in [2.24, 2.45) is 0 Å². The zero-order valence-electron chi connectivity index (χ0n) is 14.9. The van der Waals surface area contributed by atoms with Gasteiger partial charge >= 0.3 is 0 Å². The lowest BCUT2D eigenvalue weighted by atomic mass is 10.1. The molecule has 6 nitrogen and oxygen atoms in total. The Labute approximate surface area is 161 Å². The molecule has 0 spiro atoms. The monoisotopic (exact) mass is 420 g/mol. The number of hydrogen-bond acceptors (Lipinski definition) is 4. The molecular formula is C19H21BrN2O4. The largest absolute Gasteiger partial charge is 0.490 e. The molecule has 0 aliphatic rings. The van der Waals surface area contributed by atoms with Gasteiger partial charge in [-0.25, -0.2) is 0 Å². The first-order chi connectivity index (χ1) is 12.4. The molecule has 2 aromatic carbocycles. The molecule has 2 rings (SSSR count). The van der Waals surface area contributed by atoms with Crippen LogP contribution in [-0.2, 0) is 4.74 Å². The molecular weight excluding hydrogens is 400 g/mol. The molecule has 0 atom stereocenters. The van der Waals surface area contributed by atoms with E-state index in [4.69, 9.17) is 9.47 Å². The zero-order chi connectivity index (χ0) is 19.1. The van der Waals surface area contributed by atoms with Crippen molar-refractivity contribution in [1.82, 2.24) is 4.90 Å². The van der Waals surface area contributed by atoms with Crippen LogP contribution in [0.15, 0.2) is 46.9 Å². The van der Waals surface area contributed by atoms with Crippen molar-refractivity contribution >= 4 is 33.4 Å². The van der Waals surface area contributed by atoms with Gasteiger partial charge in [-0.05, 0) is 42.5 Å². The molecule has 0 saturated carbocycles. The van der Waals surface area contributed by atoms with Crippen LogP contribution < -0.4 is 10.1 Å². The summed E-state index contributed by atoms with van der Waals surface area (Å²) in [5.41, 5.74) is 1.55. The van der Waals surface area contributed by atoms with Gasteiger partial charge in [-0.2, -0.15) is 0 Å². The van der Waals surface area contributed by atoms with Gasteiger partial charge in [-0.1, -0.05) is 15.9 Å². The zero-order valence-corrected chi connectivity index (χ0v) is 16.5. The number of halogens is 1. The maximum Gasteiger partial charge on any atom is 0.259 e. The lowest BCUT2D eigenvalue weighted by molar-refractivity contribution is 0.0827. The number of amides is 2. The number of benzene rings is 2. The summed E-state index contributed by atoms with van der Waals surface area (Å²) in [6, 6.07) is 12.0. The van der Waals surface area contributed by atoms with E-state index in [1.807, 2.05) is 0 Å². The lowest BCUT2D eigenvalue weighted by Gasteiger charge is -2.13. The fourth-order valence-corrected chi connectivity index (χ4v) is 2.55. The van der Waals surface area contributed by atoms with Crippen molar-refractivity contribution < 1.29 is 19.1 Å². The summed E-state index contributed by atoms with van der Waals surface area (Å²) in [7, 11) is 4.97. The van der Waals surface area contributed by atoms with Crippen LogP contribution in [0.2, 0.25) is 0 Å². The average Bonchev–Trinajstić information content (AvgIpc) is 2.63. The number of hydrogen-bond donors (Lipinski definition) is 1. The van der Waals surface area contributed by atoms with Crippen LogP contribution >= 0.6 is 15.9 Å². The minimum absolute atomic E-state index is 0.0938. The highest BCUT2D eigenvalue weighted by atomic mass is 79.9. The van der Waals surface area contributed by atoms with Crippen molar-refractivity contribution in [2.75, 3.05) is 39.7 Å². The Bertz CT molecular complexity index is 776. The number of anilines is 1. The number of methoxy groups -OCH3 is 1. The topological polar surface area (TPSA) is 67.9 Å². The molecule has 0 aliphatic carbocycles. The molecule has 1 N–H and O–H groups in total. The van der Waals surface area contributed by atoms with E-state index in [0.29, 0.717) is 35.8 Å². The Kier molecular flexibility index (Phi) is 7.17. The molecule has 26 heavy (non-hydrogen) atoms. The molecule has 0 unspecified atom stereocenters. The van der Waals surface area contributed by atoms with Crippen LogP contribution in [-0.4, -0.2) is 51.1 Å². The van der Waals surface area contributed by atoms with Gasteiger partial charge in [-0.3, -0.25) is 9.59 Å². The SMILES string of the molecule is COCCOc1ccc(Br)cc1C(=O)Nc1ccc(C(=O)N(C)C)cc1. The third-order valence-electron chi connectivity index (χ3n) is 3.53. The lowest BCUT2D eigenvalue weighted by Crippen LogP contribution is -2.21. The smallest absolute Gasteiger partial charge is 0.259 e. The fraction of sp³-hybridized carbons (Fsp3) is 0.263. The summed E-state index contributed by atoms with van der Waals surface area (Å²) in [6.45, 7) is 0.776. The molecule has 0 bridgehead atoms. The molecule has 2 amide bonds. The minimum Gasteiger partial charge on any atom is -0.490 e. The molecule has 0 fully saturated rings. The number of ether oxygens (including phenoxy) is 2. The van der Waals surface area contributed by atoms with Gasteiger partial charge in [0, 0.05) is 36.9 Å². The maximum absolute atomic E-state index is 12.6. The van der Waals surface area contributed by atoms with Crippen LogP contribution in [0.5, 0.6) is 5.75 Å². The summed E-state index contributed by atoms with van der Waals surface area (Å²) in [6.07, 6.45) is 0. The minimum atomic E-state index is -0.301. The van der Waals surface area contributed by atoms with E-state index in [2.05, 4.69) is 21.2 Å². The quantitative estimate of drug-likeness (QED) is 0.696. The van der Waals surface area contributed by atoms with E-state index in [-0.39, 0.29) is 11.8 Å². The summed E-state index contributed by atoms with van der Waals surface area (Å²) in [4.78, 5) is 26.0. The van der Waals surface area contributed by atoms with Crippen LogP contribution in [0.25, 0.3) is 0 Å². The van der Waals surface area contributed by atoms with Gasteiger partial charge in [0.25, 0.3) is 11.8 Å². The number of nitrogens with one attached hydrogen (secondary N) is 1. The maximum atomic E-state index is 12.6. The number of carbonyl (C=O) groups is 2. The third-order valence-corrected chi connectivity index (χ3v) is 4.02. The van der Waals surface area contributed by atoms with Crippen LogP contribution in [0, 0.1) is 0 Å². The van der Waals surface area contributed by atoms with Crippen LogP contribution in [0.1, 0.15) is 20.7 Å². The van der Waals surface area contributed by atoms with Gasteiger partial charge in [0.1, 0.15) is 12.4 Å². The fourth-order valence-electron chi connectivity index (χ4n) is 2.19. The van der Waals surface area contributed by atoms with Gasteiger partial charge < -0.3 is 19.7 Å². The normalized spacial score (nSPS) is 10.3. The van der Waals surface area contributed by atoms with Crippen LogP contribution in [0.3, 0.4) is 0 Å². The van der Waals surface area contributed by atoms with Crippen LogP contribution in [0.4, 0.5) is 5.69 Å². The Hall–Kier alpha value is -2.38. The highest BCUT2D eigenvalue weighted by Gasteiger charge is 2.14. The summed E-state index contributed by atoms with van der Waals surface area (Å²) in [5.74, 6) is 0.0799. The molecule has 138 valence electrons. The van der Waals surface area contributed by atoms with E-state index in [1.54, 1.807) is 63.7 Å². The average molecular weight is 421 g/mol. The van der Waals surface area contributed by atoms with E-state index >= 15 is 0 Å². The predicted molar refractivity (Wildman–Crippen MR) is 104 cm³/mol. The second kappa shape index (κ2) is 9.35. The molecule has 2 aromatic rings. The molecule has 0 saturated heterocycles. The first kappa shape index (κ1) is 19.9. The highest BCUT2D eigenvalue weighted by molar-refractivity contribution is 9.10. The summed E-state index contributed by atoms with van der Waals surface area (Å²) >= 11 is 3.37. The number of carbonyl (C=O) groups excluding carboxylic acids is 2. The second-order valence-corrected chi connectivity index (χ2v) is 6.63. The molecule has 0 aromatic heterocycles. The molecule has 0 heterocycles.